The lowest BCUT2D eigenvalue weighted by molar-refractivity contribution is -0.384. The van der Waals surface area contributed by atoms with Crippen LogP contribution in [0.5, 0.6) is 5.75 Å². The Bertz CT molecular complexity index is 640. The van der Waals surface area contributed by atoms with Gasteiger partial charge in [-0.05, 0) is 18.1 Å². The van der Waals surface area contributed by atoms with Gasteiger partial charge in [-0.3, -0.25) is 14.9 Å². The van der Waals surface area contributed by atoms with E-state index < -0.39 is 10.9 Å². The Morgan fingerprint density at radius 2 is 1.90 bits per heavy atom. The second-order valence-corrected chi connectivity index (χ2v) is 4.77. The van der Waals surface area contributed by atoms with Gasteiger partial charge < -0.3 is 4.74 Å². The van der Waals surface area contributed by atoms with Crippen LogP contribution in [-0.4, -0.2) is 10.9 Å². The van der Waals surface area contributed by atoms with Gasteiger partial charge in [0.05, 0.1) is 16.9 Å². The SMILES string of the molecule is C[C@@H](Cc1ccccc1)C(=O)Oc1cccc([N+](=O)[O-])c1. The third kappa shape index (κ3) is 4.14. The van der Waals surface area contributed by atoms with Crippen LogP contribution in [0.1, 0.15) is 12.5 Å². The first kappa shape index (κ1) is 14.7. The summed E-state index contributed by atoms with van der Waals surface area (Å²) >= 11 is 0. The van der Waals surface area contributed by atoms with Crippen LogP contribution < -0.4 is 4.74 Å². The zero-order valence-corrected chi connectivity index (χ0v) is 11.6. The highest BCUT2D eigenvalue weighted by Gasteiger charge is 2.17. The van der Waals surface area contributed by atoms with Crippen molar-refractivity contribution in [2.45, 2.75) is 13.3 Å². The zero-order valence-electron chi connectivity index (χ0n) is 11.6. The molecule has 5 nitrogen and oxygen atoms in total. The van der Waals surface area contributed by atoms with Crippen LogP contribution in [0.3, 0.4) is 0 Å². The Balaban J connectivity index is 2.00. The van der Waals surface area contributed by atoms with Gasteiger partial charge in [0.15, 0.2) is 0 Å². The molecule has 0 spiro atoms. The molecule has 5 heteroatoms. The Morgan fingerprint density at radius 1 is 1.19 bits per heavy atom. The summed E-state index contributed by atoms with van der Waals surface area (Å²) in [7, 11) is 0. The number of carbonyl (C=O) groups is 1. The summed E-state index contributed by atoms with van der Waals surface area (Å²) in [6.45, 7) is 1.77. The molecule has 0 aliphatic rings. The van der Waals surface area contributed by atoms with Crippen LogP contribution in [0.15, 0.2) is 54.6 Å². The van der Waals surface area contributed by atoms with Crippen molar-refractivity contribution in [3.05, 3.63) is 70.3 Å². The highest BCUT2D eigenvalue weighted by molar-refractivity contribution is 5.75. The second kappa shape index (κ2) is 6.65. The molecule has 0 aliphatic carbocycles. The largest absolute Gasteiger partial charge is 0.426 e. The van der Waals surface area contributed by atoms with Gasteiger partial charge in [0, 0.05) is 6.07 Å². The number of rotatable bonds is 5. The Kier molecular flexibility index (Phi) is 4.66. The number of esters is 1. The number of nitrogens with zero attached hydrogens (tertiary/aromatic N) is 1. The van der Waals surface area contributed by atoms with E-state index in [1.54, 1.807) is 6.92 Å². The molecule has 0 unspecified atom stereocenters. The minimum absolute atomic E-state index is 0.101. The van der Waals surface area contributed by atoms with Gasteiger partial charge in [-0.15, -0.1) is 0 Å². The Hall–Kier alpha value is -2.69. The van der Waals surface area contributed by atoms with E-state index in [4.69, 9.17) is 4.74 Å². The van der Waals surface area contributed by atoms with Crippen LogP contribution >= 0.6 is 0 Å². The van der Waals surface area contributed by atoms with Crippen molar-refractivity contribution in [1.29, 1.82) is 0 Å². The van der Waals surface area contributed by atoms with Gasteiger partial charge >= 0.3 is 5.97 Å². The van der Waals surface area contributed by atoms with E-state index in [1.807, 2.05) is 30.3 Å². The van der Waals surface area contributed by atoms with Gasteiger partial charge in [0.2, 0.25) is 0 Å². The van der Waals surface area contributed by atoms with Gasteiger partial charge in [0.25, 0.3) is 5.69 Å². The number of ether oxygens (including phenoxy) is 1. The molecule has 0 radical (unpaired) electrons. The van der Waals surface area contributed by atoms with Crippen LogP contribution in [0, 0.1) is 16.0 Å². The van der Waals surface area contributed by atoms with Crippen molar-refractivity contribution in [3.8, 4) is 5.75 Å². The first-order valence-electron chi connectivity index (χ1n) is 6.56. The van der Waals surface area contributed by atoms with Crippen molar-refractivity contribution in [2.24, 2.45) is 5.92 Å². The summed E-state index contributed by atoms with van der Waals surface area (Å²) in [5.41, 5.74) is 0.942. The molecule has 1 atom stereocenters. The van der Waals surface area contributed by atoms with E-state index in [1.165, 1.54) is 24.3 Å². The summed E-state index contributed by atoms with van der Waals surface area (Å²) < 4.78 is 5.20. The fraction of sp³-hybridized carbons (Fsp3) is 0.188. The van der Waals surface area contributed by atoms with Gasteiger partial charge in [-0.2, -0.15) is 0 Å². The molecule has 21 heavy (non-hydrogen) atoms. The summed E-state index contributed by atoms with van der Waals surface area (Å²) in [5.74, 6) is -0.542. The van der Waals surface area contributed by atoms with Gasteiger partial charge in [-0.1, -0.05) is 43.3 Å². The molecule has 0 fully saturated rings. The maximum absolute atomic E-state index is 12.0. The van der Waals surface area contributed by atoms with Crippen molar-refractivity contribution < 1.29 is 14.5 Å². The topological polar surface area (TPSA) is 69.4 Å². The van der Waals surface area contributed by atoms with Crippen LogP contribution in [0.25, 0.3) is 0 Å². The molecule has 0 amide bonds. The van der Waals surface area contributed by atoms with E-state index >= 15 is 0 Å². The first-order valence-corrected chi connectivity index (χ1v) is 6.56. The van der Waals surface area contributed by atoms with Gasteiger partial charge in [0.1, 0.15) is 5.75 Å². The fourth-order valence-electron chi connectivity index (χ4n) is 1.93. The van der Waals surface area contributed by atoms with Crippen LogP contribution in [0.4, 0.5) is 5.69 Å². The molecular formula is C16H15NO4. The third-order valence-corrected chi connectivity index (χ3v) is 3.03. The molecular weight excluding hydrogens is 270 g/mol. The summed E-state index contributed by atoms with van der Waals surface area (Å²) in [5, 5.41) is 10.7. The molecule has 2 aromatic carbocycles. The highest BCUT2D eigenvalue weighted by Crippen LogP contribution is 2.20. The number of carbonyl (C=O) groups excluding carboxylic acids is 1. The van der Waals surface area contributed by atoms with E-state index in [2.05, 4.69) is 0 Å². The Labute approximate surface area is 122 Å². The number of benzene rings is 2. The molecule has 108 valence electrons. The average molecular weight is 285 g/mol. The van der Waals surface area contributed by atoms with E-state index in [0.717, 1.165) is 5.56 Å². The van der Waals surface area contributed by atoms with Crippen LogP contribution in [-0.2, 0) is 11.2 Å². The quantitative estimate of drug-likeness (QED) is 0.365. The standard InChI is InChI=1S/C16H15NO4/c1-12(10-13-6-3-2-4-7-13)16(18)21-15-9-5-8-14(11-15)17(19)20/h2-9,11-12H,10H2,1H3/t12-/m0/s1. The smallest absolute Gasteiger partial charge is 0.314 e. The molecule has 0 heterocycles. The second-order valence-electron chi connectivity index (χ2n) is 4.77. The minimum atomic E-state index is -0.523. The minimum Gasteiger partial charge on any atom is -0.426 e. The molecule has 0 aromatic heterocycles. The highest BCUT2D eigenvalue weighted by atomic mass is 16.6. The number of hydrogen-bond acceptors (Lipinski definition) is 4. The number of nitro benzene ring substituents is 1. The van der Waals surface area contributed by atoms with E-state index in [0.29, 0.717) is 6.42 Å². The third-order valence-electron chi connectivity index (χ3n) is 3.03. The zero-order chi connectivity index (χ0) is 15.2. The number of hydrogen-bond donors (Lipinski definition) is 0. The van der Waals surface area contributed by atoms with Crippen molar-refractivity contribution in [2.75, 3.05) is 0 Å². The normalized spacial score (nSPS) is 11.7. The maximum Gasteiger partial charge on any atom is 0.314 e. The molecule has 0 saturated heterocycles. The predicted molar refractivity (Wildman–Crippen MR) is 78.0 cm³/mol. The monoisotopic (exact) mass is 285 g/mol. The lowest BCUT2D eigenvalue weighted by Crippen LogP contribution is -2.19. The molecule has 0 aliphatic heterocycles. The summed E-state index contributed by atoms with van der Waals surface area (Å²) in [6, 6.07) is 15.2. The van der Waals surface area contributed by atoms with Crippen molar-refractivity contribution in [1.82, 2.24) is 0 Å². The maximum atomic E-state index is 12.0. The predicted octanol–water partition coefficient (Wildman–Crippen LogP) is 3.38. The van der Waals surface area contributed by atoms with E-state index in [-0.39, 0.29) is 17.4 Å². The number of nitro groups is 1. The molecule has 0 N–H and O–H groups in total. The van der Waals surface area contributed by atoms with Crippen molar-refractivity contribution in [3.63, 3.8) is 0 Å². The van der Waals surface area contributed by atoms with E-state index in [9.17, 15) is 14.9 Å². The fourth-order valence-corrected chi connectivity index (χ4v) is 1.93. The average Bonchev–Trinajstić information content (AvgIpc) is 2.48. The summed E-state index contributed by atoms with van der Waals surface area (Å²) in [6.07, 6.45) is 0.564. The number of non-ortho nitro benzene ring substituents is 1. The lowest BCUT2D eigenvalue weighted by atomic mass is 10.0. The van der Waals surface area contributed by atoms with Gasteiger partial charge in [-0.25, -0.2) is 0 Å². The molecule has 0 bridgehead atoms. The Morgan fingerprint density at radius 3 is 2.57 bits per heavy atom. The lowest BCUT2D eigenvalue weighted by Gasteiger charge is -2.11. The first-order chi connectivity index (χ1) is 10.1. The molecule has 2 rings (SSSR count). The molecule has 2 aromatic rings. The molecule has 0 saturated carbocycles. The van der Waals surface area contributed by atoms with Crippen molar-refractivity contribution >= 4 is 11.7 Å². The summed E-state index contributed by atoms with van der Waals surface area (Å²) in [4.78, 5) is 22.2. The van der Waals surface area contributed by atoms with Crippen LogP contribution in [0.2, 0.25) is 0 Å².